The molecular formula is C13H16ClN3O4. The second-order valence-corrected chi connectivity index (χ2v) is 5.03. The Morgan fingerprint density at radius 1 is 1.38 bits per heavy atom. The van der Waals surface area contributed by atoms with Crippen molar-refractivity contribution in [2.75, 3.05) is 6.54 Å². The molecule has 0 heterocycles. The minimum absolute atomic E-state index is 0.0159. The van der Waals surface area contributed by atoms with Crippen LogP contribution in [0.3, 0.4) is 0 Å². The number of nitro benzene ring substituents is 1. The van der Waals surface area contributed by atoms with Crippen LogP contribution in [0.25, 0.3) is 0 Å². The lowest BCUT2D eigenvalue weighted by molar-refractivity contribution is -0.385. The molecule has 1 aromatic carbocycles. The summed E-state index contributed by atoms with van der Waals surface area (Å²) >= 11 is 5.72. The molecule has 0 saturated carbocycles. The van der Waals surface area contributed by atoms with Gasteiger partial charge in [0, 0.05) is 19.0 Å². The molecule has 0 atom stereocenters. The predicted octanol–water partition coefficient (Wildman–Crippen LogP) is 1.89. The lowest BCUT2D eigenvalue weighted by Gasteiger charge is -2.09. The van der Waals surface area contributed by atoms with Gasteiger partial charge in [0.1, 0.15) is 10.6 Å². The third-order valence-electron chi connectivity index (χ3n) is 2.50. The maximum absolute atomic E-state index is 11.9. The third kappa shape index (κ3) is 5.03. The first-order valence-electron chi connectivity index (χ1n) is 6.33. The van der Waals surface area contributed by atoms with E-state index in [0.717, 1.165) is 0 Å². The van der Waals surface area contributed by atoms with E-state index >= 15 is 0 Å². The van der Waals surface area contributed by atoms with Gasteiger partial charge in [0.2, 0.25) is 5.91 Å². The van der Waals surface area contributed by atoms with Crippen molar-refractivity contribution in [3.05, 3.63) is 38.9 Å². The van der Waals surface area contributed by atoms with Crippen LogP contribution in [-0.2, 0) is 4.79 Å². The maximum Gasteiger partial charge on any atom is 0.300 e. The fraction of sp³-hybridized carbons (Fsp3) is 0.385. The van der Waals surface area contributed by atoms with Gasteiger partial charge in [0.25, 0.3) is 5.91 Å². The molecule has 0 spiro atoms. The van der Waals surface area contributed by atoms with Gasteiger partial charge in [-0.15, -0.1) is 0 Å². The Kier molecular flexibility index (Phi) is 6.10. The molecule has 0 aliphatic rings. The zero-order valence-corrected chi connectivity index (χ0v) is 12.4. The molecule has 0 aliphatic carbocycles. The Morgan fingerprint density at radius 2 is 2.05 bits per heavy atom. The summed E-state index contributed by atoms with van der Waals surface area (Å²) in [5, 5.41) is 16.0. The number of carbonyl (C=O) groups excluding carboxylic acids is 2. The number of carbonyl (C=O) groups is 2. The second kappa shape index (κ2) is 7.58. The molecule has 21 heavy (non-hydrogen) atoms. The minimum Gasteiger partial charge on any atom is -0.354 e. The van der Waals surface area contributed by atoms with Gasteiger partial charge in [0.15, 0.2) is 0 Å². The summed E-state index contributed by atoms with van der Waals surface area (Å²) in [6.07, 6.45) is 0.0955. The molecule has 2 N–H and O–H groups in total. The molecule has 1 rings (SSSR count). The third-order valence-corrected chi connectivity index (χ3v) is 2.81. The summed E-state index contributed by atoms with van der Waals surface area (Å²) in [6.45, 7) is 3.73. The number of nitrogens with zero attached hydrogens (tertiary/aromatic N) is 1. The molecule has 0 saturated heterocycles. The van der Waals surface area contributed by atoms with Crippen LogP contribution >= 0.6 is 11.6 Å². The van der Waals surface area contributed by atoms with Crippen molar-refractivity contribution >= 4 is 29.1 Å². The van der Waals surface area contributed by atoms with E-state index in [2.05, 4.69) is 10.6 Å². The van der Waals surface area contributed by atoms with Gasteiger partial charge in [-0.1, -0.05) is 17.7 Å². The quantitative estimate of drug-likeness (QED) is 0.618. The van der Waals surface area contributed by atoms with Crippen LogP contribution in [0.2, 0.25) is 5.02 Å². The lowest BCUT2D eigenvalue weighted by atomic mass is 10.1. The summed E-state index contributed by atoms with van der Waals surface area (Å²) in [5.41, 5.74) is -0.569. The highest BCUT2D eigenvalue weighted by molar-refractivity contribution is 6.33. The average molecular weight is 314 g/mol. The first-order chi connectivity index (χ1) is 9.82. The molecule has 0 radical (unpaired) electrons. The number of rotatable bonds is 6. The van der Waals surface area contributed by atoms with Gasteiger partial charge >= 0.3 is 5.69 Å². The van der Waals surface area contributed by atoms with E-state index in [9.17, 15) is 19.7 Å². The number of halogens is 1. The van der Waals surface area contributed by atoms with Crippen molar-refractivity contribution in [2.24, 2.45) is 0 Å². The van der Waals surface area contributed by atoms with Crippen molar-refractivity contribution in [2.45, 2.75) is 26.3 Å². The maximum atomic E-state index is 11.9. The van der Waals surface area contributed by atoms with Gasteiger partial charge in [-0.3, -0.25) is 19.7 Å². The fourth-order valence-electron chi connectivity index (χ4n) is 1.66. The van der Waals surface area contributed by atoms with E-state index < -0.39 is 16.5 Å². The van der Waals surface area contributed by atoms with Gasteiger partial charge in [-0.05, 0) is 26.0 Å². The molecule has 114 valence electrons. The standard InChI is InChI=1S/C13H16ClN3O4/c1-8(2)16-11(18)6-7-15-13(19)9-4-3-5-10(14)12(9)17(20)21/h3-5,8H,6-7H2,1-2H3,(H,15,19)(H,16,18). The van der Waals surface area contributed by atoms with E-state index in [0.29, 0.717) is 0 Å². The lowest BCUT2D eigenvalue weighted by Crippen LogP contribution is -2.34. The Morgan fingerprint density at radius 3 is 2.62 bits per heavy atom. The summed E-state index contributed by atoms with van der Waals surface area (Å²) in [5.74, 6) is -0.840. The number of hydrogen-bond acceptors (Lipinski definition) is 4. The average Bonchev–Trinajstić information content (AvgIpc) is 2.36. The summed E-state index contributed by atoms with van der Waals surface area (Å²) in [6, 6.07) is 4.12. The van der Waals surface area contributed by atoms with Gasteiger partial charge in [-0.25, -0.2) is 0 Å². The highest BCUT2D eigenvalue weighted by Gasteiger charge is 2.23. The van der Waals surface area contributed by atoms with E-state index in [1.807, 2.05) is 13.8 Å². The zero-order valence-electron chi connectivity index (χ0n) is 11.7. The van der Waals surface area contributed by atoms with Crippen LogP contribution in [0.1, 0.15) is 30.6 Å². The van der Waals surface area contributed by atoms with Gasteiger partial charge in [0.05, 0.1) is 4.92 Å². The number of amides is 2. The monoisotopic (exact) mass is 313 g/mol. The smallest absolute Gasteiger partial charge is 0.300 e. The van der Waals surface area contributed by atoms with Crippen molar-refractivity contribution in [1.29, 1.82) is 0 Å². The topological polar surface area (TPSA) is 101 Å². The largest absolute Gasteiger partial charge is 0.354 e. The first-order valence-corrected chi connectivity index (χ1v) is 6.71. The predicted molar refractivity (Wildman–Crippen MR) is 78.3 cm³/mol. The van der Waals surface area contributed by atoms with Crippen molar-refractivity contribution < 1.29 is 14.5 Å². The molecule has 0 bridgehead atoms. The number of nitrogens with one attached hydrogen (secondary N) is 2. The van der Waals surface area contributed by atoms with E-state index in [1.165, 1.54) is 18.2 Å². The Hall–Kier alpha value is -2.15. The normalized spacial score (nSPS) is 10.3. The Labute approximate surface area is 126 Å². The fourth-order valence-corrected chi connectivity index (χ4v) is 1.91. The molecule has 2 amide bonds. The van der Waals surface area contributed by atoms with Crippen LogP contribution in [0.5, 0.6) is 0 Å². The van der Waals surface area contributed by atoms with E-state index in [4.69, 9.17) is 11.6 Å². The number of benzene rings is 1. The van der Waals surface area contributed by atoms with Crippen molar-refractivity contribution in [3.8, 4) is 0 Å². The molecule has 8 heteroatoms. The van der Waals surface area contributed by atoms with Crippen LogP contribution in [0.15, 0.2) is 18.2 Å². The summed E-state index contributed by atoms with van der Waals surface area (Å²) < 4.78 is 0. The highest BCUT2D eigenvalue weighted by atomic mass is 35.5. The number of nitro groups is 1. The molecular weight excluding hydrogens is 298 g/mol. The van der Waals surface area contributed by atoms with E-state index in [1.54, 1.807) is 0 Å². The van der Waals surface area contributed by atoms with Gasteiger partial charge < -0.3 is 10.6 Å². The number of para-hydroxylation sites is 1. The molecule has 0 fully saturated rings. The highest BCUT2D eigenvalue weighted by Crippen LogP contribution is 2.27. The van der Waals surface area contributed by atoms with Gasteiger partial charge in [-0.2, -0.15) is 0 Å². The summed E-state index contributed by atoms with van der Waals surface area (Å²) in [4.78, 5) is 33.6. The van der Waals surface area contributed by atoms with Crippen molar-refractivity contribution in [1.82, 2.24) is 10.6 Å². The molecule has 0 unspecified atom stereocenters. The van der Waals surface area contributed by atoms with E-state index in [-0.39, 0.29) is 35.5 Å². The minimum atomic E-state index is -0.706. The Balaban J connectivity index is 2.67. The first kappa shape index (κ1) is 16.9. The molecule has 7 nitrogen and oxygen atoms in total. The summed E-state index contributed by atoms with van der Waals surface area (Å²) in [7, 11) is 0. The van der Waals surface area contributed by atoms with Crippen LogP contribution < -0.4 is 10.6 Å². The van der Waals surface area contributed by atoms with Crippen LogP contribution in [-0.4, -0.2) is 29.3 Å². The second-order valence-electron chi connectivity index (χ2n) is 4.62. The molecule has 1 aromatic rings. The molecule has 0 aliphatic heterocycles. The van der Waals surface area contributed by atoms with Crippen molar-refractivity contribution in [3.63, 3.8) is 0 Å². The SMILES string of the molecule is CC(C)NC(=O)CCNC(=O)c1cccc(Cl)c1[N+](=O)[O-]. The van der Waals surface area contributed by atoms with Crippen LogP contribution in [0.4, 0.5) is 5.69 Å². The zero-order chi connectivity index (χ0) is 16.0. The van der Waals surface area contributed by atoms with Crippen LogP contribution in [0, 0.1) is 10.1 Å². The molecule has 0 aromatic heterocycles. The Bertz CT molecular complexity index is 560. The number of hydrogen-bond donors (Lipinski definition) is 2.